The molecule has 0 aromatic heterocycles. The molecule has 0 unspecified atom stereocenters. The van der Waals surface area contributed by atoms with Crippen LogP contribution in [0.2, 0.25) is 0 Å². The van der Waals surface area contributed by atoms with Crippen LogP contribution in [0, 0.1) is 35.0 Å². The SMILES string of the molecule is COC(=O)CC[C@@H](C)[C@@H]1CC[C@@H]2[C@@H]3CC[C@H](C)C[C@H]4CCC[C@]3(C=C[C@]21C)O4. The van der Waals surface area contributed by atoms with Gasteiger partial charge in [0.25, 0.3) is 0 Å². The second-order valence-electron chi connectivity index (χ2n) is 10.7. The molecule has 2 bridgehead atoms. The van der Waals surface area contributed by atoms with Crippen molar-refractivity contribution in [3.05, 3.63) is 12.2 Å². The Morgan fingerprint density at radius 2 is 1.96 bits per heavy atom. The van der Waals surface area contributed by atoms with Gasteiger partial charge in [0, 0.05) is 6.42 Å². The van der Waals surface area contributed by atoms with E-state index in [-0.39, 0.29) is 17.0 Å². The van der Waals surface area contributed by atoms with E-state index in [9.17, 15) is 4.79 Å². The van der Waals surface area contributed by atoms with Crippen LogP contribution in [0.5, 0.6) is 0 Å². The molecule has 4 rings (SSSR count). The largest absolute Gasteiger partial charge is 0.469 e. The monoisotopic (exact) mass is 388 g/mol. The summed E-state index contributed by atoms with van der Waals surface area (Å²) in [4.78, 5) is 11.6. The first kappa shape index (κ1) is 20.4. The Bertz CT molecular complexity index is 613. The van der Waals surface area contributed by atoms with Crippen molar-refractivity contribution < 1.29 is 14.3 Å². The van der Waals surface area contributed by atoms with Gasteiger partial charge in [0.2, 0.25) is 0 Å². The first-order valence-corrected chi connectivity index (χ1v) is 11.8. The number of methoxy groups -OCH3 is 1. The van der Waals surface area contributed by atoms with Gasteiger partial charge in [-0.3, -0.25) is 4.79 Å². The summed E-state index contributed by atoms with van der Waals surface area (Å²) in [5.74, 6) is 3.34. The van der Waals surface area contributed by atoms with E-state index in [0.717, 1.165) is 18.3 Å². The molecule has 2 aliphatic carbocycles. The van der Waals surface area contributed by atoms with Gasteiger partial charge in [-0.25, -0.2) is 0 Å². The number of esters is 1. The highest BCUT2D eigenvalue weighted by molar-refractivity contribution is 5.69. The molecule has 0 aromatic carbocycles. The van der Waals surface area contributed by atoms with E-state index in [1.165, 1.54) is 58.5 Å². The molecular weight excluding hydrogens is 348 g/mol. The van der Waals surface area contributed by atoms with Gasteiger partial charge in [-0.15, -0.1) is 0 Å². The van der Waals surface area contributed by atoms with Crippen molar-refractivity contribution >= 4 is 5.97 Å². The number of hydrogen-bond donors (Lipinski definition) is 0. The van der Waals surface area contributed by atoms with E-state index in [2.05, 4.69) is 32.9 Å². The first-order chi connectivity index (χ1) is 13.4. The molecule has 1 saturated carbocycles. The summed E-state index contributed by atoms with van der Waals surface area (Å²) >= 11 is 0. The minimum absolute atomic E-state index is 0.0113. The second-order valence-corrected chi connectivity index (χ2v) is 10.7. The third kappa shape index (κ3) is 3.46. The van der Waals surface area contributed by atoms with Crippen LogP contribution in [0.4, 0.5) is 0 Å². The minimum atomic E-state index is -0.0691. The topological polar surface area (TPSA) is 35.5 Å². The summed E-state index contributed by atoms with van der Waals surface area (Å²) in [6.45, 7) is 7.29. The summed E-state index contributed by atoms with van der Waals surface area (Å²) in [5.41, 5.74) is 0.265. The fourth-order valence-electron chi connectivity index (χ4n) is 7.54. The van der Waals surface area contributed by atoms with Gasteiger partial charge in [-0.1, -0.05) is 39.3 Å². The third-order valence-corrected chi connectivity index (χ3v) is 9.06. The minimum Gasteiger partial charge on any atom is -0.469 e. The lowest BCUT2D eigenvalue weighted by molar-refractivity contribution is -0.170. The molecule has 28 heavy (non-hydrogen) atoms. The lowest BCUT2D eigenvalue weighted by Crippen LogP contribution is -2.54. The van der Waals surface area contributed by atoms with Crippen LogP contribution in [0.3, 0.4) is 0 Å². The van der Waals surface area contributed by atoms with Crippen LogP contribution in [-0.2, 0) is 14.3 Å². The van der Waals surface area contributed by atoms with Crippen molar-refractivity contribution in [3.63, 3.8) is 0 Å². The van der Waals surface area contributed by atoms with Crippen LogP contribution in [0.25, 0.3) is 0 Å². The Labute approximate surface area is 171 Å². The number of rotatable bonds is 4. The average Bonchev–Trinajstić information content (AvgIpc) is 3.02. The smallest absolute Gasteiger partial charge is 0.305 e. The van der Waals surface area contributed by atoms with Crippen LogP contribution >= 0.6 is 0 Å². The molecule has 1 spiro atoms. The number of hydrogen-bond acceptors (Lipinski definition) is 3. The quantitative estimate of drug-likeness (QED) is 0.443. The molecule has 2 aliphatic heterocycles. The molecule has 3 fully saturated rings. The van der Waals surface area contributed by atoms with Crippen molar-refractivity contribution in [2.45, 2.75) is 96.7 Å². The number of ether oxygens (including phenoxy) is 2. The molecule has 0 amide bonds. The van der Waals surface area contributed by atoms with Gasteiger partial charge in [0.15, 0.2) is 0 Å². The second kappa shape index (κ2) is 7.78. The summed E-state index contributed by atoms with van der Waals surface area (Å²) in [6, 6.07) is 0. The normalized spacial score (nSPS) is 46.1. The standard InChI is InChI=1S/C25H40O3/c1-17-7-9-22-21-11-10-20(18(2)8-12-23(26)27-4)24(21,3)14-15-25(22)13-5-6-19(16-17)28-25/h14-15,17-22H,5-13,16H2,1-4H3/t17-,18+,19+,20-,21+,22-,24-,25+/m0/s1. The highest BCUT2D eigenvalue weighted by Gasteiger charge is 2.58. The fourth-order valence-corrected chi connectivity index (χ4v) is 7.54. The summed E-state index contributed by atoms with van der Waals surface area (Å²) < 4.78 is 11.8. The highest BCUT2D eigenvalue weighted by atomic mass is 16.5. The van der Waals surface area contributed by atoms with Crippen LogP contribution in [-0.4, -0.2) is 24.8 Å². The molecule has 3 nitrogen and oxygen atoms in total. The third-order valence-electron chi connectivity index (χ3n) is 9.06. The number of fused-ring (bicyclic) bond motifs is 3. The van der Waals surface area contributed by atoms with Crippen molar-refractivity contribution in [1.29, 1.82) is 0 Å². The lowest BCUT2D eigenvalue weighted by Gasteiger charge is -2.55. The van der Waals surface area contributed by atoms with Crippen LogP contribution in [0.15, 0.2) is 12.2 Å². The highest BCUT2D eigenvalue weighted by Crippen LogP contribution is 2.62. The predicted molar refractivity (Wildman–Crippen MR) is 112 cm³/mol. The van der Waals surface area contributed by atoms with E-state index in [4.69, 9.17) is 9.47 Å². The molecule has 4 aliphatic rings. The molecule has 0 N–H and O–H groups in total. The van der Waals surface area contributed by atoms with Crippen molar-refractivity contribution in [3.8, 4) is 0 Å². The van der Waals surface area contributed by atoms with E-state index < -0.39 is 0 Å². The maximum atomic E-state index is 11.6. The fraction of sp³-hybridized carbons (Fsp3) is 0.880. The van der Waals surface area contributed by atoms with Gasteiger partial charge >= 0.3 is 5.97 Å². The summed E-state index contributed by atoms with van der Waals surface area (Å²) in [7, 11) is 1.50. The maximum absolute atomic E-state index is 11.6. The van der Waals surface area contributed by atoms with E-state index in [0.29, 0.717) is 30.3 Å². The van der Waals surface area contributed by atoms with Crippen molar-refractivity contribution in [1.82, 2.24) is 0 Å². The average molecular weight is 389 g/mol. The Morgan fingerprint density at radius 1 is 1.18 bits per heavy atom. The molecule has 2 saturated heterocycles. The van der Waals surface area contributed by atoms with Gasteiger partial charge in [-0.05, 0) is 86.4 Å². The van der Waals surface area contributed by atoms with Gasteiger partial charge in [0.05, 0.1) is 18.8 Å². The first-order valence-electron chi connectivity index (χ1n) is 11.8. The molecule has 158 valence electrons. The van der Waals surface area contributed by atoms with E-state index >= 15 is 0 Å². The Hall–Kier alpha value is -0.830. The molecule has 0 aromatic rings. The lowest BCUT2D eigenvalue weighted by atomic mass is 9.56. The zero-order valence-corrected chi connectivity index (χ0v) is 18.4. The predicted octanol–water partition coefficient (Wildman–Crippen LogP) is 5.92. The number of allylic oxidation sites excluding steroid dienone is 1. The zero-order chi connectivity index (χ0) is 19.9. The Kier molecular flexibility index (Phi) is 5.68. The van der Waals surface area contributed by atoms with Crippen molar-refractivity contribution in [2.24, 2.45) is 35.0 Å². The number of carbonyl (C=O) groups excluding carboxylic acids is 1. The maximum Gasteiger partial charge on any atom is 0.305 e. The zero-order valence-electron chi connectivity index (χ0n) is 18.4. The molecular formula is C25H40O3. The molecule has 0 radical (unpaired) electrons. The molecule has 3 heteroatoms. The van der Waals surface area contributed by atoms with Crippen LogP contribution < -0.4 is 0 Å². The van der Waals surface area contributed by atoms with Gasteiger partial charge in [0.1, 0.15) is 0 Å². The van der Waals surface area contributed by atoms with Crippen molar-refractivity contribution in [2.75, 3.05) is 7.11 Å². The Morgan fingerprint density at radius 3 is 2.75 bits per heavy atom. The Balaban J connectivity index is 1.57. The van der Waals surface area contributed by atoms with Gasteiger partial charge in [-0.2, -0.15) is 0 Å². The van der Waals surface area contributed by atoms with E-state index in [1.54, 1.807) is 0 Å². The van der Waals surface area contributed by atoms with Crippen LogP contribution in [0.1, 0.15) is 85.0 Å². The summed E-state index contributed by atoms with van der Waals surface area (Å²) in [6.07, 6.45) is 17.4. The molecule has 8 atom stereocenters. The van der Waals surface area contributed by atoms with Gasteiger partial charge < -0.3 is 9.47 Å². The summed E-state index contributed by atoms with van der Waals surface area (Å²) in [5, 5.41) is 0. The van der Waals surface area contributed by atoms with E-state index in [1.807, 2.05) is 0 Å². The molecule has 2 heterocycles. The number of carbonyl (C=O) groups is 1.